The summed E-state index contributed by atoms with van der Waals surface area (Å²) in [5.74, 6) is 2.65. The Morgan fingerprint density at radius 1 is 1.04 bits per heavy atom. The van der Waals surface area contributed by atoms with E-state index in [0.717, 1.165) is 48.0 Å². The SMILES string of the molecule is Cc1nc(NCc2ccccc2)cc(N2CCc3cc(Br)ccc3C2)n1. The Labute approximate surface area is 162 Å². The topological polar surface area (TPSA) is 41.1 Å². The summed E-state index contributed by atoms with van der Waals surface area (Å²) in [6.07, 6.45) is 1.03. The molecule has 0 saturated carbocycles. The normalized spacial score (nSPS) is 13.4. The largest absolute Gasteiger partial charge is 0.366 e. The lowest BCUT2D eigenvalue weighted by Crippen LogP contribution is -2.31. The first-order valence-electron chi connectivity index (χ1n) is 8.83. The van der Waals surface area contributed by atoms with Crippen LogP contribution in [0.5, 0.6) is 0 Å². The Balaban J connectivity index is 1.52. The first-order valence-corrected chi connectivity index (χ1v) is 9.62. The number of benzene rings is 2. The van der Waals surface area contributed by atoms with Crippen LogP contribution in [0.25, 0.3) is 0 Å². The second-order valence-electron chi connectivity index (χ2n) is 6.58. The number of aromatic nitrogens is 2. The average molecular weight is 409 g/mol. The summed E-state index contributed by atoms with van der Waals surface area (Å²) in [5, 5.41) is 3.42. The van der Waals surface area contributed by atoms with Gasteiger partial charge in [-0.15, -0.1) is 0 Å². The molecule has 2 aromatic carbocycles. The van der Waals surface area contributed by atoms with E-state index in [0.29, 0.717) is 0 Å². The molecule has 0 unspecified atom stereocenters. The lowest BCUT2D eigenvalue weighted by atomic mass is 10.00. The average Bonchev–Trinajstić information content (AvgIpc) is 2.66. The molecule has 4 rings (SSSR count). The van der Waals surface area contributed by atoms with Gasteiger partial charge in [0.1, 0.15) is 17.5 Å². The Kier molecular flexibility index (Phi) is 4.89. The predicted octanol–water partition coefficient (Wildman–Crippen LogP) is 4.72. The number of halogens is 1. The van der Waals surface area contributed by atoms with Crippen LogP contribution < -0.4 is 10.2 Å². The molecule has 0 saturated heterocycles. The fourth-order valence-electron chi connectivity index (χ4n) is 3.31. The molecule has 0 bridgehead atoms. The maximum atomic E-state index is 4.67. The molecule has 26 heavy (non-hydrogen) atoms. The summed E-state index contributed by atoms with van der Waals surface area (Å²) in [4.78, 5) is 11.5. The monoisotopic (exact) mass is 408 g/mol. The van der Waals surface area contributed by atoms with E-state index in [9.17, 15) is 0 Å². The van der Waals surface area contributed by atoms with Crippen molar-refractivity contribution >= 4 is 27.6 Å². The molecule has 0 aliphatic carbocycles. The molecule has 1 aliphatic rings. The molecular formula is C21H21BrN4. The predicted molar refractivity (Wildman–Crippen MR) is 109 cm³/mol. The van der Waals surface area contributed by atoms with E-state index >= 15 is 0 Å². The zero-order valence-corrected chi connectivity index (χ0v) is 16.3. The van der Waals surface area contributed by atoms with Crippen molar-refractivity contribution in [2.75, 3.05) is 16.8 Å². The minimum atomic E-state index is 0.758. The second kappa shape index (κ2) is 7.46. The summed E-state index contributed by atoms with van der Waals surface area (Å²) < 4.78 is 1.15. The molecule has 0 fully saturated rings. The van der Waals surface area contributed by atoms with Gasteiger partial charge in [0.15, 0.2) is 0 Å². The summed E-state index contributed by atoms with van der Waals surface area (Å²) in [7, 11) is 0. The van der Waals surface area contributed by atoms with Crippen LogP contribution in [0.1, 0.15) is 22.5 Å². The van der Waals surface area contributed by atoms with Gasteiger partial charge in [0.2, 0.25) is 0 Å². The highest BCUT2D eigenvalue weighted by molar-refractivity contribution is 9.10. The molecule has 0 amide bonds. The van der Waals surface area contributed by atoms with Crippen molar-refractivity contribution < 1.29 is 0 Å². The number of hydrogen-bond acceptors (Lipinski definition) is 4. The fraction of sp³-hybridized carbons (Fsp3) is 0.238. The number of fused-ring (bicyclic) bond motifs is 1. The molecular weight excluding hydrogens is 388 g/mol. The lowest BCUT2D eigenvalue weighted by Gasteiger charge is -2.30. The molecule has 132 valence electrons. The molecule has 3 aromatic rings. The lowest BCUT2D eigenvalue weighted by molar-refractivity contribution is 0.716. The molecule has 1 aliphatic heterocycles. The molecule has 4 nitrogen and oxygen atoms in total. The van der Waals surface area contributed by atoms with Gasteiger partial charge in [-0.05, 0) is 42.2 Å². The van der Waals surface area contributed by atoms with Crippen LogP contribution in [0.4, 0.5) is 11.6 Å². The van der Waals surface area contributed by atoms with Crippen molar-refractivity contribution in [1.82, 2.24) is 9.97 Å². The van der Waals surface area contributed by atoms with Crippen molar-refractivity contribution in [3.63, 3.8) is 0 Å². The van der Waals surface area contributed by atoms with Gasteiger partial charge in [-0.3, -0.25) is 0 Å². The maximum absolute atomic E-state index is 4.67. The van der Waals surface area contributed by atoms with Gasteiger partial charge < -0.3 is 10.2 Å². The van der Waals surface area contributed by atoms with Gasteiger partial charge in [-0.1, -0.05) is 52.3 Å². The third kappa shape index (κ3) is 3.88. The van der Waals surface area contributed by atoms with Crippen molar-refractivity contribution in [3.8, 4) is 0 Å². The summed E-state index contributed by atoms with van der Waals surface area (Å²) in [5.41, 5.74) is 4.03. The van der Waals surface area contributed by atoms with Crippen molar-refractivity contribution in [2.24, 2.45) is 0 Å². The zero-order chi connectivity index (χ0) is 17.9. The van der Waals surface area contributed by atoms with Gasteiger partial charge in [-0.25, -0.2) is 9.97 Å². The van der Waals surface area contributed by atoms with E-state index in [2.05, 4.69) is 84.6 Å². The fourth-order valence-corrected chi connectivity index (χ4v) is 3.72. The van der Waals surface area contributed by atoms with E-state index in [1.807, 2.05) is 13.0 Å². The summed E-state index contributed by atoms with van der Waals surface area (Å²) in [6, 6.07) is 19.0. The van der Waals surface area contributed by atoms with Crippen LogP contribution in [0.2, 0.25) is 0 Å². The molecule has 1 N–H and O–H groups in total. The highest BCUT2D eigenvalue weighted by Gasteiger charge is 2.18. The minimum absolute atomic E-state index is 0.758. The van der Waals surface area contributed by atoms with Gasteiger partial charge in [0.05, 0.1) is 0 Å². The Hall–Kier alpha value is -2.40. The first-order chi connectivity index (χ1) is 12.7. The number of rotatable bonds is 4. The van der Waals surface area contributed by atoms with Crippen LogP contribution in [0, 0.1) is 6.92 Å². The number of hydrogen-bond donors (Lipinski definition) is 1. The zero-order valence-electron chi connectivity index (χ0n) is 14.7. The molecule has 0 spiro atoms. The smallest absolute Gasteiger partial charge is 0.134 e. The van der Waals surface area contributed by atoms with Crippen LogP contribution in [-0.2, 0) is 19.5 Å². The molecule has 5 heteroatoms. The van der Waals surface area contributed by atoms with Crippen LogP contribution >= 0.6 is 15.9 Å². The molecule has 2 heterocycles. The van der Waals surface area contributed by atoms with Gasteiger partial charge in [0, 0.05) is 30.2 Å². The van der Waals surface area contributed by atoms with Crippen LogP contribution in [-0.4, -0.2) is 16.5 Å². The van der Waals surface area contributed by atoms with Crippen molar-refractivity contribution in [3.05, 3.63) is 81.6 Å². The number of aryl methyl sites for hydroxylation is 1. The van der Waals surface area contributed by atoms with E-state index in [4.69, 9.17) is 0 Å². The van der Waals surface area contributed by atoms with Gasteiger partial charge >= 0.3 is 0 Å². The van der Waals surface area contributed by atoms with Crippen LogP contribution in [0.3, 0.4) is 0 Å². The van der Waals surface area contributed by atoms with Gasteiger partial charge in [0.25, 0.3) is 0 Å². The molecule has 1 aromatic heterocycles. The Bertz CT molecular complexity index is 911. The third-order valence-electron chi connectivity index (χ3n) is 4.65. The highest BCUT2D eigenvalue weighted by Crippen LogP contribution is 2.26. The summed E-state index contributed by atoms with van der Waals surface area (Å²) in [6.45, 7) is 4.56. The van der Waals surface area contributed by atoms with E-state index in [-0.39, 0.29) is 0 Å². The summed E-state index contributed by atoms with van der Waals surface area (Å²) >= 11 is 3.56. The van der Waals surface area contributed by atoms with Crippen LogP contribution in [0.15, 0.2) is 59.1 Å². The van der Waals surface area contributed by atoms with Gasteiger partial charge in [-0.2, -0.15) is 0 Å². The first kappa shape index (κ1) is 17.0. The maximum Gasteiger partial charge on any atom is 0.134 e. The number of nitrogens with one attached hydrogen (secondary N) is 1. The Morgan fingerprint density at radius 3 is 2.73 bits per heavy atom. The third-order valence-corrected chi connectivity index (χ3v) is 5.14. The molecule has 0 atom stereocenters. The highest BCUT2D eigenvalue weighted by atomic mass is 79.9. The van der Waals surface area contributed by atoms with Crippen molar-refractivity contribution in [2.45, 2.75) is 26.4 Å². The minimum Gasteiger partial charge on any atom is -0.366 e. The Morgan fingerprint density at radius 2 is 1.88 bits per heavy atom. The van der Waals surface area contributed by atoms with Crippen molar-refractivity contribution in [1.29, 1.82) is 0 Å². The number of nitrogens with zero attached hydrogens (tertiary/aromatic N) is 3. The quantitative estimate of drug-likeness (QED) is 0.677. The number of anilines is 2. The standard InChI is InChI=1S/C21H21BrN4/c1-15-24-20(23-13-16-5-3-2-4-6-16)12-21(25-15)26-10-9-17-11-19(22)8-7-18(17)14-26/h2-8,11-12H,9-10,13-14H2,1H3,(H,23,24,25). The molecule has 0 radical (unpaired) electrons. The van der Waals surface area contributed by atoms with E-state index in [1.54, 1.807) is 0 Å². The second-order valence-corrected chi connectivity index (χ2v) is 7.50. The van der Waals surface area contributed by atoms with E-state index < -0.39 is 0 Å². The van der Waals surface area contributed by atoms with E-state index in [1.165, 1.54) is 16.7 Å².